The Morgan fingerprint density at radius 2 is 2.10 bits per heavy atom. The third-order valence-corrected chi connectivity index (χ3v) is 4.33. The second-order valence-electron chi connectivity index (χ2n) is 5.80. The van der Waals surface area contributed by atoms with Crippen molar-refractivity contribution < 1.29 is 14.3 Å². The number of nitrogens with one attached hydrogen (secondary N) is 2. The van der Waals surface area contributed by atoms with Gasteiger partial charge in [-0.05, 0) is 45.2 Å². The summed E-state index contributed by atoms with van der Waals surface area (Å²) < 4.78 is 5.36. The van der Waals surface area contributed by atoms with Crippen LogP contribution in [0.2, 0.25) is 0 Å². The lowest BCUT2D eigenvalue weighted by atomic mass is 9.93. The van der Waals surface area contributed by atoms with E-state index < -0.39 is 6.04 Å². The molecule has 2 aliphatic rings. The summed E-state index contributed by atoms with van der Waals surface area (Å²) in [5.41, 5.74) is 0. The molecule has 2 aliphatic heterocycles. The van der Waals surface area contributed by atoms with Gasteiger partial charge in [-0.3, -0.25) is 9.59 Å². The molecule has 0 aromatic carbocycles. The highest BCUT2D eigenvalue weighted by Gasteiger charge is 2.32. The van der Waals surface area contributed by atoms with Crippen molar-refractivity contribution in [3.05, 3.63) is 0 Å². The molecule has 0 aromatic rings. The van der Waals surface area contributed by atoms with Gasteiger partial charge >= 0.3 is 0 Å². The molecule has 2 fully saturated rings. The number of carbonyl (C=O) groups excluding carboxylic acids is 2. The SMILES string of the molecule is CCNC(=O)C1COCCN1C(=O)CCC1CCNCC1. The van der Waals surface area contributed by atoms with E-state index in [0.717, 1.165) is 32.4 Å². The van der Waals surface area contributed by atoms with Gasteiger partial charge in [0.1, 0.15) is 6.04 Å². The van der Waals surface area contributed by atoms with E-state index in [1.54, 1.807) is 4.90 Å². The summed E-state index contributed by atoms with van der Waals surface area (Å²) in [4.78, 5) is 26.2. The highest BCUT2D eigenvalue weighted by Crippen LogP contribution is 2.19. The van der Waals surface area contributed by atoms with Crippen LogP contribution in [-0.4, -0.2) is 62.1 Å². The molecule has 0 aliphatic carbocycles. The zero-order chi connectivity index (χ0) is 15.1. The van der Waals surface area contributed by atoms with Gasteiger partial charge in [-0.1, -0.05) is 0 Å². The van der Waals surface area contributed by atoms with E-state index in [-0.39, 0.29) is 11.8 Å². The van der Waals surface area contributed by atoms with Crippen LogP contribution in [0.4, 0.5) is 0 Å². The molecule has 0 spiro atoms. The van der Waals surface area contributed by atoms with Crippen molar-refractivity contribution in [2.45, 2.75) is 38.6 Å². The van der Waals surface area contributed by atoms with Crippen LogP contribution in [0.15, 0.2) is 0 Å². The van der Waals surface area contributed by atoms with Crippen molar-refractivity contribution in [1.82, 2.24) is 15.5 Å². The van der Waals surface area contributed by atoms with Gasteiger partial charge in [0, 0.05) is 19.5 Å². The summed E-state index contributed by atoms with van der Waals surface area (Å²) in [6.07, 6.45) is 3.77. The Balaban J connectivity index is 1.84. The number of hydrogen-bond acceptors (Lipinski definition) is 4. The molecule has 0 bridgehead atoms. The first kappa shape index (κ1) is 16.2. The maximum absolute atomic E-state index is 12.4. The number of nitrogens with zero attached hydrogens (tertiary/aromatic N) is 1. The Hall–Kier alpha value is -1.14. The van der Waals surface area contributed by atoms with Crippen molar-refractivity contribution >= 4 is 11.8 Å². The third-order valence-electron chi connectivity index (χ3n) is 4.33. The van der Waals surface area contributed by atoms with E-state index in [9.17, 15) is 9.59 Å². The lowest BCUT2D eigenvalue weighted by Gasteiger charge is -2.35. The van der Waals surface area contributed by atoms with Crippen LogP contribution in [0.5, 0.6) is 0 Å². The van der Waals surface area contributed by atoms with Crippen LogP contribution in [-0.2, 0) is 14.3 Å². The molecule has 0 aromatic heterocycles. The van der Waals surface area contributed by atoms with Crippen LogP contribution in [0.1, 0.15) is 32.6 Å². The predicted octanol–water partition coefficient (Wildman–Crippen LogP) is 0.130. The Morgan fingerprint density at radius 3 is 2.81 bits per heavy atom. The summed E-state index contributed by atoms with van der Waals surface area (Å²) in [5.74, 6) is 0.625. The number of rotatable bonds is 5. The molecule has 21 heavy (non-hydrogen) atoms. The minimum absolute atomic E-state index is 0.0908. The number of morpholine rings is 1. The highest BCUT2D eigenvalue weighted by molar-refractivity contribution is 5.88. The zero-order valence-electron chi connectivity index (χ0n) is 12.9. The molecule has 120 valence electrons. The fourth-order valence-corrected chi connectivity index (χ4v) is 3.05. The Kier molecular flexibility index (Phi) is 6.45. The summed E-state index contributed by atoms with van der Waals surface area (Å²) in [7, 11) is 0. The molecule has 0 radical (unpaired) electrons. The standard InChI is InChI=1S/C15H27N3O3/c1-2-17-15(20)13-11-21-10-9-18(13)14(19)4-3-12-5-7-16-8-6-12/h12-13,16H,2-11H2,1H3,(H,17,20). The number of piperidine rings is 1. The first-order chi connectivity index (χ1) is 10.2. The fourth-order valence-electron chi connectivity index (χ4n) is 3.05. The maximum Gasteiger partial charge on any atom is 0.245 e. The summed E-state index contributed by atoms with van der Waals surface area (Å²) in [6.45, 7) is 5.92. The van der Waals surface area contributed by atoms with E-state index in [2.05, 4.69) is 10.6 Å². The molecule has 0 saturated carbocycles. The van der Waals surface area contributed by atoms with Crippen molar-refractivity contribution in [3.8, 4) is 0 Å². The fraction of sp³-hybridized carbons (Fsp3) is 0.867. The molecule has 1 unspecified atom stereocenters. The number of hydrogen-bond donors (Lipinski definition) is 2. The van der Waals surface area contributed by atoms with Gasteiger partial charge in [-0.25, -0.2) is 0 Å². The first-order valence-electron chi connectivity index (χ1n) is 8.08. The van der Waals surface area contributed by atoms with Gasteiger partial charge in [0.25, 0.3) is 0 Å². The number of amides is 2. The molecule has 2 amide bonds. The van der Waals surface area contributed by atoms with E-state index >= 15 is 0 Å². The van der Waals surface area contributed by atoms with Crippen LogP contribution < -0.4 is 10.6 Å². The van der Waals surface area contributed by atoms with Gasteiger partial charge in [0.05, 0.1) is 13.2 Å². The van der Waals surface area contributed by atoms with Crippen LogP contribution >= 0.6 is 0 Å². The summed E-state index contributed by atoms with van der Waals surface area (Å²) >= 11 is 0. The third kappa shape index (κ3) is 4.68. The van der Waals surface area contributed by atoms with Crippen molar-refractivity contribution in [3.63, 3.8) is 0 Å². The summed E-state index contributed by atoms with van der Waals surface area (Å²) in [5, 5.41) is 6.12. The Morgan fingerprint density at radius 1 is 1.33 bits per heavy atom. The van der Waals surface area contributed by atoms with Crippen molar-refractivity contribution in [2.75, 3.05) is 39.4 Å². The van der Waals surface area contributed by atoms with E-state index in [1.165, 1.54) is 0 Å². The molecule has 2 heterocycles. The normalized spacial score (nSPS) is 23.9. The van der Waals surface area contributed by atoms with Gasteiger partial charge in [0.15, 0.2) is 0 Å². The Labute approximate surface area is 126 Å². The minimum Gasteiger partial charge on any atom is -0.377 e. The van der Waals surface area contributed by atoms with Gasteiger partial charge in [-0.2, -0.15) is 0 Å². The van der Waals surface area contributed by atoms with E-state index in [0.29, 0.717) is 38.6 Å². The number of ether oxygens (including phenoxy) is 1. The van der Waals surface area contributed by atoms with Crippen LogP contribution in [0.3, 0.4) is 0 Å². The van der Waals surface area contributed by atoms with Crippen molar-refractivity contribution in [2.24, 2.45) is 5.92 Å². The van der Waals surface area contributed by atoms with Gasteiger partial charge < -0.3 is 20.3 Å². The van der Waals surface area contributed by atoms with Crippen molar-refractivity contribution in [1.29, 1.82) is 0 Å². The lowest BCUT2D eigenvalue weighted by molar-refractivity contribution is -0.148. The average molecular weight is 297 g/mol. The number of carbonyl (C=O) groups is 2. The molecule has 2 saturated heterocycles. The second kappa shape index (κ2) is 8.34. The molecule has 1 atom stereocenters. The molecular formula is C15H27N3O3. The molecule has 2 N–H and O–H groups in total. The molecule has 6 heteroatoms. The highest BCUT2D eigenvalue weighted by atomic mass is 16.5. The largest absolute Gasteiger partial charge is 0.377 e. The smallest absolute Gasteiger partial charge is 0.245 e. The number of likely N-dealkylation sites (N-methyl/N-ethyl adjacent to an activating group) is 1. The molecular weight excluding hydrogens is 270 g/mol. The first-order valence-corrected chi connectivity index (χ1v) is 8.08. The predicted molar refractivity (Wildman–Crippen MR) is 79.8 cm³/mol. The lowest BCUT2D eigenvalue weighted by Crippen LogP contribution is -2.55. The zero-order valence-corrected chi connectivity index (χ0v) is 12.9. The van der Waals surface area contributed by atoms with Crippen LogP contribution in [0, 0.1) is 5.92 Å². The average Bonchev–Trinajstić information content (AvgIpc) is 2.54. The minimum atomic E-state index is -0.459. The summed E-state index contributed by atoms with van der Waals surface area (Å²) in [6, 6.07) is -0.459. The second-order valence-corrected chi connectivity index (χ2v) is 5.80. The Bertz CT molecular complexity index is 356. The monoisotopic (exact) mass is 297 g/mol. The van der Waals surface area contributed by atoms with Crippen LogP contribution in [0.25, 0.3) is 0 Å². The maximum atomic E-state index is 12.4. The van der Waals surface area contributed by atoms with E-state index in [4.69, 9.17) is 4.74 Å². The van der Waals surface area contributed by atoms with Gasteiger partial charge in [-0.15, -0.1) is 0 Å². The van der Waals surface area contributed by atoms with Gasteiger partial charge in [0.2, 0.25) is 11.8 Å². The quantitative estimate of drug-likeness (QED) is 0.757. The molecule has 2 rings (SSSR count). The topological polar surface area (TPSA) is 70.7 Å². The molecule has 6 nitrogen and oxygen atoms in total. The van der Waals surface area contributed by atoms with E-state index in [1.807, 2.05) is 6.92 Å².